The van der Waals surface area contributed by atoms with Gasteiger partial charge in [0.2, 0.25) is 5.91 Å². The van der Waals surface area contributed by atoms with Crippen molar-refractivity contribution in [3.63, 3.8) is 0 Å². The second-order valence-electron chi connectivity index (χ2n) is 10.2. The largest absolute Gasteiger partial charge is 0.461 e. The number of ether oxygens (including phenoxy) is 4. The van der Waals surface area contributed by atoms with Crippen LogP contribution in [0.2, 0.25) is 0 Å². The molecule has 6 unspecified atom stereocenters. The van der Waals surface area contributed by atoms with Crippen LogP contribution in [0.15, 0.2) is 12.0 Å². The Hall–Kier alpha value is -1.67. The summed E-state index contributed by atoms with van der Waals surface area (Å²) in [6, 6.07) is -3.10. The molecule has 3 rings (SSSR count). The summed E-state index contributed by atoms with van der Waals surface area (Å²) < 4.78 is 23.2. The Morgan fingerprint density at radius 3 is 2.46 bits per heavy atom. The van der Waals surface area contributed by atoms with E-state index in [0.29, 0.717) is 12.8 Å². The van der Waals surface area contributed by atoms with E-state index in [2.05, 4.69) is 5.32 Å². The highest BCUT2D eigenvalue weighted by Gasteiger charge is 2.51. The molecule has 3 aliphatic rings. The highest BCUT2D eigenvalue weighted by molar-refractivity contribution is 5.80. The van der Waals surface area contributed by atoms with Crippen LogP contribution in [-0.2, 0) is 23.7 Å². The molecule has 2 fully saturated rings. The molecule has 0 bridgehead atoms. The van der Waals surface area contributed by atoms with Gasteiger partial charge < -0.3 is 78.5 Å². The summed E-state index contributed by atoms with van der Waals surface area (Å²) in [7, 11) is 0. The lowest BCUT2D eigenvalue weighted by Gasteiger charge is -2.48. The number of hydrogen-bond donors (Lipinski definition) is 11. The number of hydrogen-bond acceptors (Lipinski definition) is 15. The molecule has 16 N–H and O–H groups in total. The van der Waals surface area contributed by atoms with Crippen LogP contribution in [0.3, 0.4) is 0 Å². The van der Waals surface area contributed by atoms with E-state index < -0.39 is 79.2 Å². The zero-order chi connectivity index (χ0) is 28.9. The molecule has 2 heterocycles. The normalized spacial score (nSPS) is 40.7. The molecule has 1 aliphatic carbocycles. The lowest BCUT2D eigenvalue weighted by atomic mass is 9.83. The number of carbonyl (C=O) groups excluding carboxylic acids is 1. The highest BCUT2D eigenvalue weighted by Crippen LogP contribution is 2.32. The van der Waals surface area contributed by atoms with Crippen LogP contribution < -0.4 is 34.0 Å². The second kappa shape index (κ2) is 14.3. The fraction of sp³-hybridized carbons (Fsp3) is 0.870. The molecule has 16 heteroatoms. The van der Waals surface area contributed by atoms with Crippen molar-refractivity contribution in [1.29, 1.82) is 0 Å². The molecule has 0 spiro atoms. The van der Waals surface area contributed by atoms with Crippen molar-refractivity contribution in [2.45, 2.75) is 105 Å². The van der Waals surface area contributed by atoms with Crippen LogP contribution in [0.1, 0.15) is 25.7 Å². The van der Waals surface area contributed by atoms with Gasteiger partial charge in [0.1, 0.15) is 48.8 Å². The standard InChI is InChI=1S/C23H44N6O10/c24-5-4-12(30)22(35)29-11-6-10(27)19(37-14-3-1-2-9(7-25)36-14)18(34)20(11)38-23-17(33)15(28)16(32)21(39-23)13(31)8-26/h3,9-13,15-21,23,30-34H,1-2,4-8,24-28H2,(H,29,35)/t9-,10?,11+,12-,13?,15-,16-,17?,18?,19?,20-,21?,23-/m0/s1. The maximum absolute atomic E-state index is 12.6. The molecule has 16 nitrogen and oxygen atoms in total. The zero-order valence-electron chi connectivity index (χ0n) is 21.7. The van der Waals surface area contributed by atoms with E-state index >= 15 is 0 Å². The van der Waals surface area contributed by atoms with Crippen molar-refractivity contribution < 1.29 is 49.3 Å². The van der Waals surface area contributed by atoms with E-state index in [0.717, 1.165) is 0 Å². The van der Waals surface area contributed by atoms with E-state index in [4.69, 9.17) is 47.6 Å². The first-order chi connectivity index (χ1) is 18.5. The van der Waals surface area contributed by atoms with Crippen LogP contribution in [-0.4, -0.2) is 130 Å². The summed E-state index contributed by atoms with van der Waals surface area (Å²) in [5.74, 6) is -0.628. The van der Waals surface area contributed by atoms with E-state index in [1.54, 1.807) is 6.08 Å². The average Bonchev–Trinajstić information content (AvgIpc) is 2.92. The van der Waals surface area contributed by atoms with E-state index in [-0.39, 0.29) is 44.5 Å². The quantitative estimate of drug-likeness (QED) is 0.111. The zero-order valence-corrected chi connectivity index (χ0v) is 21.7. The average molecular weight is 565 g/mol. The Kier molecular flexibility index (Phi) is 11.7. The van der Waals surface area contributed by atoms with Crippen LogP contribution in [0.4, 0.5) is 0 Å². The van der Waals surface area contributed by atoms with Crippen LogP contribution in [0.25, 0.3) is 0 Å². The lowest BCUT2D eigenvalue weighted by Crippen LogP contribution is -2.69. The van der Waals surface area contributed by atoms with Crippen molar-refractivity contribution >= 4 is 5.91 Å². The SMILES string of the molecule is NCC[C@H](O)C(=O)N[C@@H]1CC(N)C(OC2=CCC[C@@H](CN)O2)C(O)[C@H]1O[C@H]1OC(C(O)CN)[C@@H](O)[C@H](N)C1O. The first-order valence-corrected chi connectivity index (χ1v) is 13.2. The third-order valence-electron chi connectivity index (χ3n) is 7.29. The topological polar surface area (TPSA) is 297 Å². The molecule has 13 atom stereocenters. The molecular formula is C23H44N6O10. The molecule has 226 valence electrons. The van der Waals surface area contributed by atoms with Gasteiger partial charge in [0, 0.05) is 19.1 Å². The number of amides is 1. The number of aliphatic hydroxyl groups excluding tert-OH is 5. The molecule has 0 radical (unpaired) electrons. The number of rotatable bonds is 11. The van der Waals surface area contributed by atoms with Crippen LogP contribution in [0.5, 0.6) is 0 Å². The lowest BCUT2D eigenvalue weighted by molar-refractivity contribution is -0.313. The summed E-state index contributed by atoms with van der Waals surface area (Å²) in [6.07, 6.45) is -9.77. The van der Waals surface area contributed by atoms with Gasteiger partial charge in [-0.05, 0) is 38.3 Å². The number of carbonyl (C=O) groups is 1. The Balaban J connectivity index is 1.84. The minimum atomic E-state index is -1.59. The molecule has 0 aromatic rings. The predicted octanol–water partition coefficient (Wildman–Crippen LogP) is -5.88. The van der Waals surface area contributed by atoms with Crippen molar-refractivity contribution in [2.24, 2.45) is 28.7 Å². The summed E-state index contributed by atoms with van der Waals surface area (Å²) >= 11 is 0. The third kappa shape index (κ3) is 7.55. The highest BCUT2D eigenvalue weighted by atomic mass is 16.7. The molecule has 1 amide bonds. The van der Waals surface area contributed by atoms with E-state index in [1.165, 1.54) is 0 Å². The van der Waals surface area contributed by atoms with E-state index in [9.17, 15) is 30.3 Å². The van der Waals surface area contributed by atoms with Gasteiger partial charge in [0.05, 0.1) is 18.2 Å². The first-order valence-electron chi connectivity index (χ1n) is 13.2. The van der Waals surface area contributed by atoms with Gasteiger partial charge in [0.25, 0.3) is 5.95 Å². The summed E-state index contributed by atoms with van der Waals surface area (Å²) in [5.41, 5.74) is 28.9. The molecular weight excluding hydrogens is 520 g/mol. The van der Waals surface area contributed by atoms with Gasteiger partial charge in [0.15, 0.2) is 6.29 Å². The molecule has 2 aliphatic heterocycles. The maximum Gasteiger partial charge on any atom is 0.275 e. The van der Waals surface area contributed by atoms with Gasteiger partial charge in [-0.1, -0.05) is 0 Å². The Labute approximate surface area is 226 Å². The fourth-order valence-corrected chi connectivity index (χ4v) is 4.95. The summed E-state index contributed by atoms with van der Waals surface area (Å²) in [4.78, 5) is 12.6. The van der Waals surface area contributed by atoms with Gasteiger partial charge in [-0.2, -0.15) is 0 Å². The van der Waals surface area contributed by atoms with Gasteiger partial charge in [-0.25, -0.2) is 0 Å². The second-order valence-corrected chi connectivity index (χ2v) is 10.2. The number of nitrogens with one attached hydrogen (secondary N) is 1. The number of nitrogens with two attached hydrogens (primary N) is 5. The number of allylic oxidation sites excluding steroid dienone is 1. The van der Waals surface area contributed by atoms with Crippen molar-refractivity contribution in [1.82, 2.24) is 5.32 Å². The number of aliphatic hydroxyl groups is 5. The maximum atomic E-state index is 12.6. The molecule has 0 aromatic carbocycles. The van der Waals surface area contributed by atoms with E-state index in [1.807, 2.05) is 0 Å². The van der Waals surface area contributed by atoms with Crippen molar-refractivity contribution in [3.8, 4) is 0 Å². The van der Waals surface area contributed by atoms with Gasteiger partial charge >= 0.3 is 0 Å². The van der Waals surface area contributed by atoms with Crippen molar-refractivity contribution in [2.75, 3.05) is 19.6 Å². The minimum absolute atomic E-state index is 0.00588. The van der Waals surface area contributed by atoms with Gasteiger partial charge in [-0.3, -0.25) is 4.79 Å². The molecule has 39 heavy (non-hydrogen) atoms. The molecule has 0 aromatic heterocycles. The van der Waals surface area contributed by atoms with Crippen LogP contribution in [0, 0.1) is 0 Å². The predicted molar refractivity (Wildman–Crippen MR) is 135 cm³/mol. The monoisotopic (exact) mass is 564 g/mol. The molecule has 1 saturated heterocycles. The smallest absolute Gasteiger partial charge is 0.275 e. The van der Waals surface area contributed by atoms with Crippen molar-refractivity contribution in [3.05, 3.63) is 12.0 Å². The Morgan fingerprint density at radius 1 is 1.10 bits per heavy atom. The minimum Gasteiger partial charge on any atom is -0.461 e. The molecule has 1 saturated carbocycles. The summed E-state index contributed by atoms with van der Waals surface area (Å²) in [6.45, 7) is 0.0534. The summed E-state index contributed by atoms with van der Waals surface area (Å²) in [5, 5.41) is 55.4. The Morgan fingerprint density at radius 2 is 1.82 bits per heavy atom. The first kappa shape index (κ1) is 31.9. The fourth-order valence-electron chi connectivity index (χ4n) is 4.95. The van der Waals surface area contributed by atoms with Crippen LogP contribution >= 0.6 is 0 Å². The Bertz CT molecular complexity index is 826. The third-order valence-corrected chi connectivity index (χ3v) is 7.29. The van der Waals surface area contributed by atoms with Gasteiger partial charge in [-0.15, -0.1) is 0 Å².